The number of allylic oxidation sites excluding steroid dienone is 1. The van der Waals surface area contributed by atoms with E-state index in [2.05, 4.69) is 216 Å². The number of aromatic nitrogens is 1. The monoisotopic (exact) mass is 728 g/mol. The smallest absolute Gasteiger partial charge is 0.128 e. The highest BCUT2D eigenvalue weighted by atomic mass is 16.5. The van der Waals surface area contributed by atoms with Gasteiger partial charge in [-0.2, -0.15) is 0 Å². The zero-order valence-corrected chi connectivity index (χ0v) is 31.1. The van der Waals surface area contributed by atoms with Crippen molar-refractivity contribution in [3.05, 3.63) is 218 Å². The molecule has 0 spiro atoms. The van der Waals surface area contributed by atoms with Gasteiger partial charge in [-0.25, -0.2) is 0 Å². The Morgan fingerprint density at radius 2 is 1.14 bits per heavy atom. The summed E-state index contributed by atoms with van der Waals surface area (Å²) in [6, 6.07) is 68.4. The lowest BCUT2D eigenvalue weighted by atomic mass is 9.89. The van der Waals surface area contributed by atoms with Crippen LogP contribution in [0.2, 0.25) is 0 Å². The number of para-hydroxylation sites is 3. The van der Waals surface area contributed by atoms with E-state index in [1.807, 2.05) is 0 Å². The minimum absolute atomic E-state index is 0.0248. The van der Waals surface area contributed by atoms with Crippen LogP contribution in [0.4, 0.5) is 11.4 Å². The molecule has 0 saturated heterocycles. The average Bonchev–Trinajstić information content (AvgIpc) is 3.82. The fourth-order valence-electron chi connectivity index (χ4n) is 9.54. The Morgan fingerprint density at radius 3 is 2.00 bits per heavy atom. The predicted octanol–water partition coefficient (Wildman–Crippen LogP) is 14.0. The fourth-order valence-corrected chi connectivity index (χ4v) is 9.54. The molecule has 0 saturated carbocycles. The van der Waals surface area contributed by atoms with Crippen LogP contribution in [-0.2, 0) is 0 Å². The number of rotatable bonds is 5. The minimum atomic E-state index is -0.0248. The van der Waals surface area contributed by atoms with Crippen molar-refractivity contribution in [2.75, 3.05) is 4.90 Å². The van der Waals surface area contributed by atoms with Gasteiger partial charge < -0.3 is 14.2 Å². The van der Waals surface area contributed by atoms with Crippen LogP contribution < -0.4 is 9.64 Å². The van der Waals surface area contributed by atoms with E-state index in [1.54, 1.807) is 0 Å². The molecule has 268 valence electrons. The van der Waals surface area contributed by atoms with E-state index in [4.69, 9.17) is 4.74 Å². The highest BCUT2D eigenvalue weighted by Crippen LogP contribution is 2.48. The summed E-state index contributed by atoms with van der Waals surface area (Å²) in [4.78, 5) is 2.49. The molecule has 0 fully saturated rings. The van der Waals surface area contributed by atoms with Crippen molar-refractivity contribution in [1.82, 2.24) is 4.57 Å². The van der Waals surface area contributed by atoms with Gasteiger partial charge in [0.15, 0.2) is 0 Å². The van der Waals surface area contributed by atoms with Gasteiger partial charge in [0.2, 0.25) is 0 Å². The number of anilines is 2. The molecule has 1 aliphatic heterocycles. The van der Waals surface area contributed by atoms with E-state index in [-0.39, 0.29) is 12.0 Å². The molecule has 12 rings (SSSR count). The van der Waals surface area contributed by atoms with Crippen LogP contribution in [0.5, 0.6) is 5.75 Å². The molecular weight excluding hydrogens is 693 g/mol. The van der Waals surface area contributed by atoms with Crippen LogP contribution in [0.3, 0.4) is 0 Å². The molecule has 2 heterocycles. The molecule has 1 aliphatic carbocycles. The maximum Gasteiger partial charge on any atom is 0.128 e. The van der Waals surface area contributed by atoms with E-state index in [0.717, 1.165) is 28.5 Å². The summed E-state index contributed by atoms with van der Waals surface area (Å²) in [6.07, 6.45) is 6.90. The summed E-state index contributed by atoms with van der Waals surface area (Å²) in [5.41, 5.74) is 10.6. The van der Waals surface area contributed by atoms with Crippen molar-refractivity contribution in [3.63, 3.8) is 0 Å². The number of fused-ring (bicyclic) bond motifs is 10. The lowest BCUT2D eigenvalue weighted by molar-refractivity contribution is 0.268. The molecule has 1 aromatic heterocycles. The van der Waals surface area contributed by atoms with Crippen molar-refractivity contribution in [1.29, 1.82) is 0 Å². The second-order valence-electron chi connectivity index (χ2n) is 15.2. The van der Waals surface area contributed by atoms with Crippen LogP contribution >= 0.6 is 0 Å². The molecule has 3 nitrogen and oxygen atoms in total. The number of ether oxygens (including phenoxy) is 1. The first-order valence-electron chi connectivity index (χ1n) is 19.8. The average molecular weight is 729 g/mol. The Labute approximate surface area is 330 Å². The van der Waals surface area contributed by atoms with Crippen LogP contribution in [0.1, 0.15) is 11.5 Å². The quantitative estimate of drug-likeness (QED) is 0.164. The van der Waals surface area contributed by atoms with Crippen molar-refractivity contribution in [2.24, 2.45) is 0 Å². The first-order chi connectivity index (χ1) is 28.3. The first kappa shape index (κ1) is 31.9. The van der Waals surface area contributed by atoms with E-state index >= 15 is 0 Å². The summed E-state index contributed by atoms with van der Waals surface area (Å²) in [7, 11) is 0. The van der Waals surface area contributed by atoms with Gasteiger partial charge >= 0.3 is 0 Å². The summed E-state index contributed by atoms with van der Waals surface area (Å²) >= 11 is 0. The summed E-state index contributed by atoms with van der Waals surface area (Å²) in [5, 5.41) is 9.83. The van der Waals surface area contributed by atoms with Crippen LogP contribution in [-0.4, -0.2) is 10.7 Å². The van der Waals surface area contributed by atoms with Gasteiger partial charge in [-0.3, -0.25) is 0 Å². The normalized spacial score (nSPS) is 15.9. The number of nitrogens with zero attached hydrogens (tertiary/aromatic N) is 2. The highest BCUT2D eigenvalue weighted by Gasteiger charge is 2.35. The Hall–Kier alpha value is -7.36. The van der Waals surface area contributed by atoms with Crippen molar-refractivity contribution in [3.8, 4) is 22.6 Å². The Bertz CT molecular complexity index is 3300. The Kier molecular flexibility index (Phi) is 7.05. The summed E-state index contributed by atoms with van der Waals surface area (Å²) in [6.45, 7) is 0. The molecule has 9 aromatic carbocycles. The molecule has 0 amide bonds. The zero-order valence-electron chi connectivity index (χ0n) is 31.1. The zero-order chi connectivity index (χ0) is 37.5. The van der Waals surface area contributed by atoms with Gasteiger partial charge in [0.25, 0.3) is 0 Å². The molecule has 2 unspecified atom stereocenters. The van der Waals surface area contributed by atoms with Gasteiger partial charge in [0.1, 0.15) is 11.9 Å². The minimum Gasteiger partial charge on any atom is -0.485 e. The Balaban J connectivity index is 1.09. The van der Waals surface area contributed by atoms with Crippen LogP contribution in [0.25, 0.3) is 70.9 Å². The molecule has 10 aromatic rings. The third-order valence-electron chi connectivity index (χ3n) is 12.1. The summed E-state index contributed by atoms with van der Waals surface area (Å²) < 4.78 is 8.83. The maximum absolute atomic E-state index is 6.45. The van der Waals surface area contributed by atoms with Crippen molar-refractivity contribution >= 4 is 65.5 Å². The van der Waals surface area contributed by atoms with Gasteiger partial charge in [0.05, 0.1) is 22.4 Å². The third-order valence-corrected chi connectivity index (χ3v) is 12.1. The fraction of sp³-hybridized carbons (Fsp3) is 0.0370. The van der Waals surface area contributed by atoms with Gasteiger partial charge in [-0.05, 0) is 99.4 Å². The predicted molar refractivity (Wildman–Crippen MR) is 238 cm³/mol. The van der Waals surface area contributed by atoms with E-state index in [0.29, 0.717) is 0 Å². The van der Waals surface area contributed by atoms with Crippen LogP contribution in [0.15, 0.2) is 212 Å². The highest BCUT2D eigenvalue weighted by molar-refractivity contribution is 6.16. The van der Waals surface area contributed by atoms with E-state index < -0.39 is 0 Å². The molecule has 0 N–H and O–H groups in total. The standard InChI is InChI=1S/C54H36N2O/c1-2-15-37(16-3-1)55-49-24-12-10-22-45(49)47-32-36(26-29-51(47)55)40-28-30-50(43-20-8-6-19-42(40)43)56(38-27-31-54-48(34-38)46-23-11-13-25-53(46)57-54)52-33-35-14-4-5-17-39(35)41-18-7-9-21-44(41)52/h1-34,48,54H. The second-order valence-corrected chi connectivity index (χ2v) is 15.2. The molecular formula is C54H36N2O. The SMILES string of the molecule is C1=CC2Oc3ccccc3C2C=C1N(c1ccc(-c2ccc3c(c2)c2ccccc2n3-c2ccccc2)c2ccccc12)c1cc2ccccc2c2ccccc12. The first-order valence-corrected chi connectivity index (χ1v) is 19.8. The topological polar surface area (TPSA) is 17.4 Å². The van der Waals surface area contributed by atoms with Crippen molar-refractivity contribution in [2.45, 2.75) is 12.0 Å². The number of hydrogen-bond acceptors (Lipinski definition) is 2. The van der Waals surface area contributed by atoms with Gasteiger partial charge in [-0.1, -0.05) is 140 Å². The number of hydrogen-bond donors (Lipinski definition) is 0. The molecule has 3 heteroatoms. The molecule has 0 radical (unpaired) electrons. The largest absolute Gasteiger partial charge is 0.485 e. The molecule has 0 bridgehead atoms. The molecule has 2 aliphatic rings. The van der Waals surface area contributed by atoms with Gasteiger partial charge in [0, 0.05) is 44.4 Å². The lowest BCUT2D eigenvalue weighted by Crippen LogP contribution is -2.23. The van der Waals surface area contributed by atoms with Crippen LogP contribution in [0, 0.1) is 0 Å². The second kappa shape index (κ2) is 12.6. The van der Waals surface area contributed by atoms with E-state index in [9.17, 15) is 0 Å². The Morgan fingerprint density at radius 1 is 0.474 bits per heavy atom. The maximum atomic E-state index is 6.45. The molecule has 2 atom stereocenters. The van der Waals surface area contributed by atoms with Crippen molar-refractivity contribution < 1.29 is 4.74 Å². The lowest BCUT2D eigenvalue weighted by Gasteiger charge is -2.32. The summed E-state index contributed by atoms with van der Waals surface area (Å²) in [5.74, 6) is 1.08. The van der Waals surface area contributed by atoms with E-state index in [1.165, 1.54) is 70.8 Å². The van der Waals surface area contributed by atoms with Gasteiger partial charge in [-0.15, -0.1) is 0 Å². The third kappa shape index (κ3) is 4.92. The number of benzene rings is 9. The molecule has 57 heavy (non-hydrogen) atoms.